The zero-order chi connectivity index (χ0) is 60.8. The van der Waals surface area contributed by atoms with Gasteiger partial charge in [0, 0.05) is 41.6 Å². The van der Waals surface area contributed by atoms with Crippen LogP contribution in [0.5, 0.6) is 28.7 Å². The number of nitrogens with zero attached hydrogens (tertiary/aromatic N) is 3. The van der Waals surface area contributed by atoms with E-state index in [1.807, 2.05) is 78.9 Å². The highest BCUT2D eigenvalue weighted by molar-refractivity contribution is 6.39. The predicted octanol–water partition coefficient (Wildman–Crippen LogP) is 13.4. The first-order valence-corrected chi connectivity index (χ1v) is 27.4. The van der Waals surface area contributed by atoms with Crippen molar-refractivity contribution in [2.45, 2.75) is 40.9 Å². The highest BCUT2D eigenvalue weighted by Crippen LogP contribution is 2.41. The SMILES string of the molecule is CCOC(=O)c1c[nH]c2cccc(OC)c2c1=O.CCOC(=O)c1cnc2c(OCc3ccccc3)cccc2c1.CCOC(=O)c1cnc2cc(OC)ccc2c1Cl.CCOC(=O)c1cnc2ccc(OCc3ccccc3)c(OC)c2c1Cl. The van der Waals surface area contributed by atoms with E-state index in [4.69, 9.17) is 65.8 Å². The summed E-state index contributed by atoms with van der Waals surface area (Å²) in [5, 5.41) is 3.00. The van der Waals surface area contributed by atoms with Crippen LogP contribution in [0.1, 0.15) is 80.3 Å². The Bertz CT molecular complexity index is 4020. The summed E-state index contributed by atoms with van der Waals surface area (Å²) >= 11 is 12.7. The Balaban J connectivity index is 0.000000164. The Morgan fingerprint density at radius 3 is 1.66 bits per heavy atom. The van der Waals surface area contributed by atoms with Crippen LogP contribution < -0.4 is 29.1 Å². The van der Waals surface area contributed by atoms with Gasteiger partial charge in [-0.1, -0.05) is 102 Å². The minimum Gasteiger partial charge on any atom is -0.497 e. The second-order valence-corrected chi connectivity index (χ2v) is 18.5. The van der Waals surface area contributed by atoms with Crippen LogP contribution in [0.15, 0.2) is 163 Å². The Morgan fingerprint density at radius 2 is 1.06 bits per heavy atom. The van der Waals surface area contributed by atoms with Crippen molar-refractivity contribution in [2.75, 3.05) is 47.8 Å². The van der Waals surface area contributed by atoms with Gasteiger partial charge >= 0.3 is 23.9 Å². The van der Waals surface area contributed by atoms with Gasteiger partial charge in [0.05, 0.1) is 102 Å². The average molecular weight is 1190 g/mol. The normalized spacial score (nSPS) is 10.5. The van der Waals surface area contributed by atoms with Gasteiger partial charge in [-0.05, 0) is 87.4 Å². The number of aromatic nitrogens is 4. The van der Waals surface area contributed by atoms with E-state index in [-0.39, 0.29) is 46.3 Å². The van der Waals surface area contributed by atoms with E-state index in [0.717, 1.165) is 22.0 Å². The van der Waals surface area contributed by atoms with Gasteiger partial charge in [-0.25, -0.2) is 19.2 Å². The van der Waals surface area contributed by atoms with Gasteiger partial charge in [-0.15, -0.1) is 0 Å². The number of para-hydroxylation sites is 1. The molecule has 20 heteroatoms. The fourth-order valence-corrected chi connectivity index (χ4v) is 8.89. The second kappa shape index (κ2) is 31.0. The van der Waals surface area contributed by atoms with Crippen LogP contribution in [-0.4, -0.2) is 91.6 Å². The number of carbonyl (C=O) groups is 4. The zero-order valence-electron chi connectivity index (χ0n) is 47.6. The lowest BCUT2D eigenvalue weighted by Gasteiger charge is -2.15. The molecule has 0 amide bonds. The minimum absolute atomic E-state index is 0.0196. The number of carbonyl (C=O) groups excluding carboxylic acids is 4. The van der Waals surface area contributed by atoms with Gasteiger partial charge in [-0.3, -0.25) is 19.7 Å². The number of pyridine rings is 4. The number of ether oxygens (including phenoxy) is 9. The lowest BCUT2D eigenvalue weighted by molar-refractivity contribution is 0.0515. The number of methoxy groups -OCH3 is 3. The van der Waals surface area contributed by atoms with E-state index in [2.05, 4.69) is 19.9 Å². The molecule has 0 aliphatic heterocycles. The number of hydrogen-bond donors (Lipinski definition) is 1. The van der Waals surface area contributed by atoms with Crippen molar-refractivity contribution < 1.29 is 61.8 Å². The number of hydrogen-bond acceptors (Lipinski definition) is 17. The summed E-state index contributed by atoms with van der Waals surface area (Å²) in [6, 6.07) is 41.2. The van der Waals surface area contributed by atoms with Gasteiger partial charge in [-0.2, -0.15) is 0 Å². The average Bonchev–Trinajstić information content (AvgIpc) is 2.81. The summed E-state index contributed by atoms with van der Waals surface area (Å²) in [5.74, 6) is 0.786. The van der Waals surface area contributed by atoms with Crippen molar-refractivity contribution in [3.63, 3.8) is 0 Å². The molecule has 18 nitrogen and oxygen atoms in total. The topological polar surface area (TPSA) is 223 Å². The standard InChI is InChI=1S/C20H18ClNO4.C19H17NO3.C13H12ClNO3.C13H13NO4/c1-3-25-20(23)14-11-22-15-9-10-16(19(24-2)17(15)18(14)21)26-12-13-7-5-4-6-8-13;1-2-22-19(21)16-11-15-9-6-10-17(18(15)20-12-16)23-13-14-7-4-3-5-8-14;1-3-18-13(16)10-7-15-11-6-8(17-2)4-5-9(11)12(10)14;1-3-18-13(16)8-7-14-9-5-4-6-10(17-2)11(9)12(8)15/h4-11H,3,12H2,1-2H3;3-12H,2,13H2,1H3;4-7H,3H2,1-2H3;4-7H,3H2,1-2H3,(H,14,15). The molecule has 1 N–H and O–H groups in total. The van der Waals surface area contributed by atoms with Crippen molar-refractivity contribution >= 4 is 90.7 Å². The second-order valence-electron chi connectivity index (χ2n) is 17.7. The van der Waals surface area contributed by atoms with Gasteiger partial charge < -0.3 is 47.6 Å². The van der Waals surface area contributed by atoms with E-state index in [0.29, 0.717) is 98.5 Å². The highest BCUT2D eigenvalue weighted by Gasteiger charge is 2.22. The number of H-pyrrole nitrogens is 1. The molecule has 4 aromatic heterocycles. The maximum atomic E-state index is 12.2. The van der Waals surface area contributed by atoms with Crippen molar-refractivity contribution in [1.82, 2.24) is 19.9 Å². The minimum atomic E-state index is -0.633. The molecule has 4 heterocycles. The molecule has 0 aliphatic carbocycles. The van der Waals surface area contributed by atoms with Crippen LogP contribution in [0.2, 0.25) is 10.0 Å². The first kappa shape index (κ1) is 62.8. The quantitative estimate of drug-likeness (QED) is 0.0661. The number of rotatable bonds is 17. The molecule has 0 fully saturated rings. The predicted molar refractivity (Wildman–Crippen MR) is 325 cm³/mol. The monoisotopic (exact) mass is 1190 g/mol. The molecule has 0 unspecified atom stereocenters. The smallest absolute Gasteiger partial charge is 0.343 e. The third-order valence-electron chi connectivity index (χ3n) is 12.3. The van der Waals surface area contributed by atoms with Gasteiger partial charge in [0.25, 0.3) is 0 Å². The lowest BCUT2D eigenvalue weighted by Crippen LogP contribution is -2.18. The van der Waals surface area contributed by atoms with Crippen LogP contribution >= 0.6 is 23.2 Å². The molecule has 0 bridgehead atoms. The number of benzene rings is 6. The molecule has 0 aliphatic rings. The summed E-state index contributed by atoms with van der Waals surface area (Å²) in [4.78, 5) is 75.1. The third kappa shape index (κ3) is 15.9. The van der Waals surface area contributed by atoms with Crippen molar-refractivity contribution in [3.8, 4) is 28.7 Å². The number of halogens is 2. The fourth-order valence-electron chi connectivity index (χ4n) is 8.30. The van der Waals surface area contributed by atoms with E-state index in [1.54, 1.807) is 89.4 Å². The van der Waals surface area contributed by atoms with E-state index >= 15 is 0 Å². The molecule has 0 saturated carbocycles. The molecule has 438 valence electrons. The molecule has 0 saturated heterocycles. The number of aromatic amines is 1. The Kier molecular flexibility index (Phi) is 22.9. The maximum absolute atomic E-state index is 12.2. The van der Waals surface area contributed by atoms with Crippen LogP contribution in [-0.2, 0) is 32.2 Å². The summed E-state index contributed by atoms with van der Waals surface area (Å²) in [7, 11) is 4.58. The fraction of sp³-hybridized carbons (Fsp3) is 0.200. The summed E-state index contributed by atoms with van der Waals surface area (Å²) < 4.78 is 47.3. The Hall–Kier alpha value is -9.78. The molecule has 10 rings (SSSR count). The molecule has 6 aromatic carbocycles. The van der Waals surface area contributed by atoms with E-state index < -0.39 is 17.9 Å². The van der Waals surface area contributed by atoms with Gasteiger partial charge in [0.2, 0.25) is 5.43 Å². The number of fused-ring (bicyclic) bond motifs is 4. The number of nitrogens with one attached hydrogen (secondary N) is 1. The number of esters is 4. The lowest BCUT2D eigenvalue weighted by atomic mass is 10.1. The molecule has 0 spiro atoms. The molecule has 0 radical (unpaired) electrons. The highest BCUT2D eigenvalue weighted by atomic mass is 35.5. The van der Waals surface area contributed by atoms with E-state index in [1.165, 1.54) is 39.0 Å². The first-order chi connectivity index (χ1) is 41.3. The molecular formula is C65H60Cl2N4O14. The van der Waals surface area contributed by atoms with Crippen molar-refractivity contribution in [3.05, 3.63) is 212 Å². The largest absolute Gasteiger partial charge is 0.497 e. The van der Waals surface area contributed by atoms with Crippen LogP contribution in [0, 0.1) is 0 Å². The van der Waals surface area contributed by atoms with Gasteiger partial charge in [0.15, 0.2) is 11.5 Å². The molecular weight excluding hydrogens is 1130 g/mol. The van der Waals surface area contributed by atoms with Crippen LogP contribution in [0.25, 0.3) is 43.6 Å². The first-order valence-electron chi connectivity index (χ1n) is 26.7. The van der Waals surface area contributed by atoms with Crippen molar-refractivity contribution in [1.29, 1.82) is 0 Å². The third-order valence-corrected chi connectivity index (χ3v) is 13.1. The summed E-state index contributed by atoms with van der Waals surface area (Å²) in [6.07, 6.45) is 5.71. The van der Waals surface area contributed by atoms with Gasteiger partial charge in [0.1, 0.15) is 41.5 Å². The molecule has 85 heavy (non-hydrogen) atoms. The Labute approximate surface area is 499 Å². The summed E-state index contributed by atoms with van der Waals surface area (Å²) in [6.45, 7) is 8.92. The molecule has 10 aromatic rings. The van der Waals surface area contributed by atoms with E-state index in [9.17, 15) is 24.0 Å². The Morgan fingerprint density at radius 1 is 0.494 bits per heavy atom. The van der Waals surface area contributed by atoms with Crippen LogP contribution in [0.3, 0.4) is 0 Å². The van der Waals surface area contributed by atoms with Crippen LogP contribution in [0.4, 0.5) is 0 Å². The molecule has 0 atom stereocenters. The summed E-state index contributed by atoms with van der Waals surface area (Å²) in [5.41, 5.74) is 5.25. The zero-order valence-corrected chi connectivity index (χ0v) is 49.1. The maximum Gasteiger partial charge on any atom is 0.343 e. The van der Waals surface area contributed by atoms with Crippen molar-refractivity contribution in [2.24, 2.45) is 0 Å².